The first-order valence-corrected chi connectivity index (χ1v) is 8.64. The zero-order valence-electron chi connectivity index (χ0n) is 14.3. The van der Waals surface area contributed by atoms with E-state index in [2.05, 4.69) is 34.5 Å². The smallest absolute Gasteiger partial charge is 0.191 e. The summed E-state index contributed by atoms with van der Waals surface area (Å²) in [6.07, 6.45) is 3.94. The molecule has 2 N–H and O–H groups in total. The highest BCUT2D eigenvalue weighted by Crippen LogP contribution is 2.13. The van der Waals surface area contributed by atoms with Crippen LogP contribution in [0.3, 0.4) is 0 Å². The van der Waals surface area contributed by atoms with Crippen molar-refractivity contribution in [1.29, 1.82) is 0 Å². The second-order valence-corrected chi connectivity index (χ2v) is 5.82. The fraction of sp³-hybridized carbons (Fsp3) is 0.733. The molecule has 134 valence electrons. The molecule has 0 saturated carbocycles. The first-order chi connectivity index (χ1) is 10.8. The van der Waals surface area contributed by atoms with E-state index in [1.54, 1.807) is 18.4 Å². The van der Waals surface area contributed by atoms with E-state index in [4.69, 9.17) is 9.47 Å². The first kappa shape index (κ1) is 22.6. The Morgan fingerprint density at radius 1 is 1.26 bits per heavy atom. The maximum Gasteiger partial charge on any atom is 0.191 e. The van der Waals surface area contributed by atoms with Crippen LogP contribution in [0.15, 0.2) is 11.2 Å². The van der Waals surface area contributed by atoms with E-state index in [1.165, 1.54) is 9.88 Å². The lowest BCUT2D eigenvalue weighted by atomic mass is 10.4. The molecule has 0 bridgehead atoms. The monoisotopic (exact) mass is 456 g/mol. The van der Waals surface area contributed by atoms with Crippen molar-refractivity contribution in [2.75, 3.05) is 46.6 Å². The molecule has 0 aromatic carbocycles. The molecule has 1 rings (SSSR count). The van der Waals surface area contributed by atoms with Gasteiger partial charge < -0.3 is 20.1 Å². The van der Waals surface area contributed by atoms with E-state index in [1.807, 2.05) is 6.20 Å². The predicted octanol–water partition coefficient (Wildman–Crippen LogP) is 2.08. The van der Waals surface area contributed by atoms with Gasteiger partial charge in [0.05, 0.1) is 31.4 Å². The lowest BCUT2D eigenvalue weighted by Crippen LogP contribution is -2.38. The highest BCUT2D eigenvalue weighted by molar-refractivity contribution is 14.0. The Morgan fingerprint density at radius 2 is 2.09 bits per heavy atom. The maximum absolute atomic E-state index is 5.40. The molecule has 6 nitrogen and oxygen atoms in total. The molecular formula is C15H29IN4O2S. The molecule has 1 aromatic heterocycles. The van der Waals surface area contributed by atoms with E-state index >= 15 is 0 Å². The Bertz CT molecular complexity index is 429. The lowest BCUT2D eigenvalue weighted by Gasteiger charge is -2.10. The van der Waals surface area contributed by atoms with Crippen LogP contribution in [0.4, 0.5) is 0 Å². The summed E-state index contributed by atoms with van der Waals surface area (Å²) in [5.41, 5.74) is 0. The number of aromatic nitrogens is 1. The van der Waals surface area contributed by atoms with Gasteiger partial charge in [-0.15, -0.1) is 35.3 Å². The number of aryl methyl sites for hydroxylation is 1. The van der Waals surface area contributed by atoms with Crippen LogP contribution in [0.2, 0.25) is 0 Å². The van der Waals surface area contributed by atoms with E-state index < -0.39 is 0 Å². The molecule has 0 aliphatic carbocycles. The minimum Gasteiger partial charge on any atom is -0.382 e. The first-order valence-electron chi connectivity index (χ1n) is 7.82. The fourth-order valence-electron chi connectivity index (χ4n) is 1.72. The molecule has 1 aromatic rings. The van der Waals surface area contributed by atoms with Crippen molar-refractivity contribution < 1.29 is 9.47 Å². The topological polar surface area (TPSA) is 67.8 Å². The molecule has 0 aliphatic rings. The number of guanidine groups is 1. The molecule has 0 unspecified atom stereocenters. The summed E-state index contributed by atoms with van der Waals surface area (Å²) in [7, 11) is 1.67. The molecule has 1 heterocycles. The SMILES string of the molecule is CCNC(=NCCOCCOC)NCCc1ncc(CC)s1.I. The minimum absolute atomic E-state index is 0. The van der Waals surface area contributed by atoms with Crippen molar-refractivity contribution in [2.24, 2.45) is 4.99 Å². The zero-order chi connectivity index (χ0) is 16.0. The summed E-state index contributed by atoms with van der Waals surface area (Å²) in [6.45, 7) is 8.35. The van der Waals surface area contributed by atoms with E-state index in [0.717, 1.165) is 31.9 Å². The summed E-state index contributed by atoms with van der Waals surface area (Å²) in [5.74, 6) is 0.824. The summed E-state index contributed by atoms with van der Waals surface area (Å²) >= 11 is 1.78. The Hall–Kier alpha value is -0.450. The summed E-state index contributed by atoms with van der Waals surface area (Å²) < 4.78 is 10.3. The van der Waals surface area contributed by atoms with Crippen LogP contribution >= 0.6 is 35.3 Å². The highest BCUT2D eigenvalue weighted by atomic mass is 127. The zero-order valence-corrected chi connectivity index (χ0v) is 17.4. The normalized spacial score (nSPS) is 11.2. The van der Waals surface area contributed by atoms with E-state index in [0.29, 0.717) is 26.4 Å². The van der Waals surface area contributed by atoms with Crippen molar-refractivity contribution in [1.82, 2.24) is 15.6 Å². The average Bonchev–Trinajstić information content (AvgIpc) is 2.98. The highest BCUT2D eigenvalue weighted by Gasteiger charge is 2.01. The quantitative estimate of drug-likeness (QED) is 0.231. The number of nitrogens with zero attached hydrogens (tertiary/aromatic N) is 2. The predicted molar refractivity (Wildman–Crippen MR) is 107 cm³/mol. The van der Waals surface area contributed by atoms with Crippen molar-refractivity contribution in [3.8, 4) is 0 Å². The van der Waals surface area contributed by atoms with Gasteiger partial charge in [-0.3, -0.25) is 4.99 Å². The van der Waals surface area contributed by atoms with Crippen LogP contribution in [-0.4, -0.2) is 57.5 Å². The van der Waals surface area contributed by atoms with Crippen LogP contribution in [-0.2, 0) is 22.3 Å². The second kappa shape index (κ2) is 15.1. The van der Waals surface area contributed by atoms with Crippen LogP contribution < -0.4 is 10.6 Å². The van der Waals surface area contributed by atoms with E-state index in [-0.39, 0.29) is 24.0 Å². The van der Waals surface area contributed by atoms with Crippen molar-refractivity contribution in [2.45, 2.75) is 26.7 Å². The Balaban J connectivity index is 0.00000484. The number of thiazole rings is 1. The van der Waals surface area contributed by atoms with Gasteiger partial charge in [0.2, 0.25) is 0 Å². The van der Waals surface area contributed by atoms with Gasteiger partial charge in [-0.05, 0) is 13.3 Å². The average molecular weight is 456 g/mol. The number of rotatable bonds is 11. The molecule has 0 saturated heterocycles. The largest absolute Gasteiger partial charge is 0.382 e. The number of aliphatic imine (C=N–C) groups is 1. The van der Waals surface area contributed by atoms with Crippen molar-refractivity contribution >= 4 is 41.3 Å². The van der Waals surface area contributed by atoms with Crippen molar-refractivity contribution in [3.05, 3.63) is 16.1 Å². The third-order valence-electron chi connectivity index (χ3n) is 2.86. The summed E-state index contributed by atoms with van der Waals surface area (Å²) in [5, 5.41) is 7.72. The molecule has 0 spiro atoms. The fourth-order valence-corrected chi connectivity index (χ4v) is 2.58. The third kappa shape index (κ3) is 10.9. The number of halogens is 1. The number of hydrogen-bond acceptors (Lipinski definition) is 5. The van der Waals surface area contributed by atoms with Crippen LogP contribution in [0.1, 0.15) is 23.7 Å². The molecular weight excluding hydrogens is 427 g/mol. The van der Waals surface area contributed by atoms with Crippen LogP contribution in [0, 0.1) is 0 Å². The lowest BCUT2D eigenvalue weighted by molar-refractivity contribution is 0.0748. The van der Waals surface area contributed by atoms with Crippen LogP contribution in [0.5, 0.6) is 0 Å². The molecule has 0 atom stereocenters. The third-order valence-corrected chi connectivity index (χ3v) is 4.06. The van der Waals surface area contributed by atoms with Gasteiger partial charge in [-0.2, -0.15) is 0 Å². The molecule has 23 heavy (non-hydrogen) atoms. The molecule has 0 radical (unpaired) electrons. The second-order valence-electron chi connectivity index (χ2n) is 4.62. The molecule has 0 fully saturated rings. The molecule has 0 aliphatic heterocycles. The van der Waals surface area contributed by atoms with Gasteiger partial charge in [-0.25, -0.2) is 4.98 Å². The van der Waals surface area contributed by atoms with Gasteiger partial charge >= 0.3 is 0 Å². The van der Waals surface area contributed by atoms with Gasteiger partial charge in [0.1, 0.15) is 0 Å². The van der Waals surface area contributed by atoms with Crippen LogP contribution in [0.25, 0.3) is 0 Å². The minimum atomic E-state index is 0. The summed E-state index contributed by atoms with van der Waals surface area (Å²) in [6, 6.07) is 0. The van der Waals surface area contributed by atoms with Gasteiger partial charge in [0.15, 0.2) is 5.96 Å². The molecule has 0 amide bonds. The standard InChI is InChI=1S/C15H28N4O2S.HI/c1-4-13-12-19-14(22-13)6-7-17-15(16-5-2)18-8-9-21-11-10-20-3;/h12H,4-11H2,1-3H3,(H2,16,17,18);1H. The Morgan fingerprint density at radius 3 is 2.74 bits per heavy atom. The molecule has 8 heteroatoms. The van der Waals surface area contributed by atoms with Gasteiger partial charge in [0, 0.05) is 37.7 Å². The number of ether oxygens (including phenoxy) is 2. The van der Waals surface area contributed by atoms with Gasteiger partial charge in [-0.1, -0.05) is 6.92 Å². The number of hydrogen-bond donors (Lipinski definition) is 2. The number of nitrogens with one attached hydrogen (secondary N) is 2. The van der Waals surface area contributed by atoms with Gasteiger partial charge in [0.25, 0.3) is 0 Å². The Labute approximate surface area is 160 Å². The Kier molecular flexibility index (Phi) is 14.8. The van der Waals surface area contributed by atoms with Crippen molar-refractivity contribution in [3.63, 3.8) is 0 Å². The maximum atomic E-state index is 5.40. The van der Waals surface area contributed by atoms with E-state index in [9.17, 15) is 0 Å². The summed E-state index contributed by atoms with van der Waals surface area (Å²) in [4.78, 5) is 10.2. The number of methoxy groups -OCH3 is 1.